The van der Waals surface area contributed by atoms with E-state index < -0.39 is 0 Å². The maximum absolute atomic E-state index is 12.1. The number of nitrogens with two attached hydrogens (primary N) is 1. The van der Waals surface area contributed by atoms with Crippen molar-refractivity contribution in [1.29, 1.82) is 0 Å². The zero-order valence-electron chi connectivity index (χ0n) is 13.1. The molecule has 1 amide bonds. The minimum Gasteiger partial charge on any atom is -0.497 e. The fraction of sp³-hybridized carbons (Fsp3) is 0.278. The van der Waals surface area contributed by atoms with Crippen molar-refractivity contribution in [2.45, 2.75) is 26.1 Å². The topological polar surface area (TPSA) is 54.9 Å². The van der Waals surface area contributed by atoms with Crippen LogP contribution in [0.5, 0.6) is 5.75 Å². The molecule has 116 valence electrons. The number of benzene rings is 2. The van der Waals surface area contributed by atoms with Crippen LogP contribution in [0.1, 0.15) is 18.1 Å². The maximum Gasteiger partial charge on any atom is 0.278 e. The van der Waals surface area contributed by atoms with Crippen molar-refractivity contribution in [3.8, 4) is 5.75 Å². The standard InChI is InChI=1S/C18H22N2O2/c1-14(18(21)20-13-15-6-4-3-5-7-15)19-12-16-8-10-17(22-2)11-9-16/h3-11,14,19H,12-13H2,1-2H3,(H,20,21)/p+1/t14-/m0/s1. The second-order valence-corrected chi connectivity index (χ2v) is 5.28. The Labute approximate surface area is 131 Å². The maximum atomic E-state index is 12.1. The Hall–Kier alpha value is -2.33. The van der Waals surface area contributed by atoms with Crippen molar-refractivity contribution in [3.63, 3.8) is 0 Å². The van der Waals surface area contributed by atoms with Crippen LogP contribution in [-0.4, -0.2) is 19.1 Å². The normalized spacial score (nSPS) is 11.7. The van der Waals surface area contributed by atoms with Gasteiger partial charge in [-0.05, 0) is 36.8 Å². The third-order valence-corrected chi connectivity index (χ3v) is 3.59. The van der Waals surface area contributed by atoms with Crippen LogP contribution < -0.4 is 15.4 Å². The Morgan fingerprint density at radius 3 is 2.41 bits per heavy atom. The first-order valence-electron chi connectivity index (χ1n) is 7.47. The van der Waals surface area contributed by atoms with E-state index in [2.05, 4.69) is 5.32 Å². The summed E-state index contributed by atoms with van der Waals surface area (Å²) in [5.41, 5.74) is 2.28. The van der Waals surface area contributed by atoms with Crippen LogP contribution in [-0.2, 0) is 17.9 Å². The average Bonchev–Trinajstić information content (AvgIpc) is 2.58. The van der Waals surface area contributed by atoms with Gasteiger partial charge in [0.1, 0.15) is 12.3 Å². The summed E-state index contributed by atoms with van der Waals surface area (Å²) in [5.74, 6) is 0.898. The van der Waals surface area contributed by atoms with Gasteiger partial charge in [0.15, 0.2) is 6.04 Å². The minimum absolute atomic E-state index is 0.0531. The Morgan fingerprint density at radius 1 is 1.09 bits per heavy atom. The van der Waals surface area contributed by atoms with Crippen molar-refractivity contribution < 1.29 is 14.8 Å². The zero-order valence-corrected chi connectivity index (χ0v) is 13.1. The molecule has 0 radical (unpaired) electrons. The predicted octanol–water partition coefficient (Wildman–Crippen LogP) is 1.46. The summed E-state index contributed by atoms with van der Waals surface area (Å²) in [6, 6.07) is 17.7. The highest BCUT2D eigenvalue weighted by atomic mass is 16.5. The molecule has 2 aromatic rings. The Balaban J connectivity index is 1.76. The lowest BCUT2D eigenvalue weighted by Gasteiger charge is -2.11. The van der Waals surface area contributed by atoms with E-state index in [1.807, 2.05) is 66.8 Å². The molecule has 0 saturated carbocycles. The zero-order chi connectivity index (χ0) is 15.8. The molecule has 3 N–H and O–H groups in total. The van der Waals surface area contributed by atoms with Gasteiger partial charge in [0.2, 0.25) is 0 Å². The molecule has 0 aliphatic carbocycles. The molecule has 2 aromatic carbocycles. The average molecular weight is 299 g/mol. The number of carbonyl (C=O) groups excluding carboxylic acids is 1. The summed E-state index contributed by atoms with van der Waals surface area (Å²) >= 11 is 0. The second-order valence-electron chi connectivity index (χ2n) is 5.28. The van der Waals surface area contributed by atoms with E-state index >= 15 is 0 Å². The number of amides is 1. The van der Waals surface area contributed by atoms with E-state index in [1.54, 1.807) is 7.11 Å². The van der Waals surface area contributed by atoms with E-state index in [-0.39, 0.29) is 11.9 Å². The molecular formula is C18H23N2O2+. The Morgan fingerprint density at radius 2 is 1.77 bits per heavy atom. The van der Waals surface area contributed by atoms with Crippen molar-refractivity contribution in [2.75, 3.05) is 7.11 Å². The predicted molar refractivity (Wildman–Crippen MR) is 86.4 cm³/mol. The van der Waals surface area contributed by atoms with Gasteiger partial charge in [-0.15, -0.1) is 0 Å². The van der Waals surface area contributed by atoms with Crippen LogP contribution in [0.15, 0.2) is 54.6 Å². The summed E-state index contributed by atoms with van der Waals surface area (Å²) < 4.78 is 5.13. The highest BCUT2D eigenvalue weighted by molar-refractivity contribution is 5.79. The summed E-state index contributed by atoms with van der Waals surface area (Å²) in [7, 11) is 1.65. The Kier molecular flexibility index (Phi) is 5.98. The third-order valence-electron chi connectivity index (χ3n) is 3.59. The minimum atomic E-state index is -0.120. The van der Waals surface area contributed by atoms with Crippen LogP contribution in [0.2, 0.25) is 0 Å². The van der Waals surface area contributed by atoms with E-state index in [0.29, 0.717) is 6.54 Å². The molecule has 0 aliphatic rings. The first kappa shape index (κ1) is 16.0. The van der Waals surface area contributed by atoms with Crippen LogP contribution in [0, 0.1) is 0 Å². The molecule has 0 spiro atoms. The summed E-state index contributed by atoms with van der Waals surface area (Å²) in [4.78, 5) is 12.1. The van der Waals surface area contributed by atoms with Crippen molar-refractivity contribution in [1.82, 2.24) is 5.32 Å². The molecule has 4 heteroatoms. The molecule has 0 saturated heterocycles. The van der Waals surface area contributed by atoms with Crippen molar-refractivity contribution in [2.24, 2.45) is 0 Å². The summed E-state index contributed by atoms with van der Waals surface area (Å²) in [5, 5.41) is 4.99. The van der Waals surface area contributed by atoms with E-state index in [0.717, 1.165) is 17.9 Å². The molecule has 0 heterocycles. The molecule has 0 unspecified atom stereocenters. The number of ether oxygens (including phenoxy) is 1. The summed E-state index contributed by atoms with van der Waals surface area (Å²) in [6.45, 7) is 3.26. The van der Waals surface area contributed by atoms with Crippen LogP contribution in [0.25, 0.3) is 0 Å². The quantitative estimate of drug-likeness (QED) is 0.813. The third kappa shape index (κ3) is 4.90. The Bertz CT molecular complexity index is 582. The van der Waals surface area contributed by atoms with Gasteiger partial charge in [0.05, 0.1) is 7.11 Å². The molecule has 4 nitrogen and oxygen atoms in total. The highest BCUT2D eigenvalue weighted by Gasteiger charge is 2.15. The largest absolute Gasteiger partial charge is 0.497 e. The lowest BCUT2D eigenvalue weighted by molar-refractivity contribution is -0.689. The van der Waals surface area contributed by atoms with Gasteiger partial charge in [0.25, 0.3) is 5.91 Å². The van der Waals surface area contributed by atoms with Gasteiger partial charge in [-0.2, -0.15) is 0 Å². The number of nitrogens with one attached hydrogen (secondary N) is 1. The molecular weight excluding hydrogens is 276 g/mol. The van der Waals surface area contributed by atoms with Crippen molar-refractivity contribution >= 4 is 5.91 Å². The van der Waals surface area contributed by atoms with Crippen molar-refractivity contribution in [3.05, 3.63) is 65.7 Å². The van der Waals surface area contributed by atoms with Crippen LogP contribution in [0.3, 0.4) is 0 Å². The lowest BCUT2D eigenvalue weighted by Crippen LogP contribution is -2.90. The first-order chi connectivity index (χ1) is 10.7. The van der Waals surface area contributed by atoms with E-state index in [1.165, 1.54) is 5.56 Å². The van der Waals surface area contributed by atoms with Gasteiger partial charge in [-0.25, -0.2) is 0 Å². The molecule has 1 atom stereocenters. The number of rotatable bonds is 7. The van der Waals surface area contributed by atoms with Crippen LogP contribution in [0.4, 0.5) is 0 Å². The molecule has 0 bridgehead atoms. The second kappa shape index (κ2) is 8.20. The van der Waals surface area contributed by atoms with Crippen LogP contribution >= 0.6 is 0 Å². The van der Waals surface area contributed by atoms with E-state index in [4.69, 9.17) is 4.74 Å². The smallest absolute Gasteiger partial charge is 0.278 e. The number of quaternary nitrogens is 1. The number of hydrogen-bond donors (Lipinski definition) is 2. The molecule has 0 aliphatic heterocycles. The number of hydrogen-bond acceptors (Lipinski definition) is 2. The van der Waals surface area contributed by atoms with Gasteiger partial charge < -0.3 is 15.4 Å². The number of carbonyl (C=O) groups is 1. The molecule has 22 heavy (non-hydrogen) atoms. The molecule has 0 aromatic heterocycles. The highest BCUT2D eigenvalue weighted by Crippen LogP contribution is 2.10. The number of methoxy groups -OCH3 is 1. The molecule has 2 rings (SSSR count). The van der Waals surface area contributed by atoms with Gasteiger partial charge in [-0.3, -0.25) is 4.79 Å². The fourth-order valence-electron chi connectivity index (χ4n) is 2.13. The first-order valence-corrected chi connectivity index (χ1v) is 7.47. The van der Waals surface area contributed by atoms with Gasteiger partial charge in [-0.1, -0.05) is 30.3 Å². The van der Waals surface area contributed by atoms with Gasteiger partial charge >= 0.3 is 0 Å². The fourth-order valence-corrected chi connectivity index (χ4v) is 2.13. The SMILES string of the molecule is COc1ccc(C[NH2+][C@@H](C)C(=O)NCc2ccccc2)cc1. The monoisotopic (exact) mass is 299 g/mol. The van der Waals surface area contributed by atoms with Gasteiger partial charge in [0, 0.05) is 12.1 Å². The lowest BCUT2D eigenvalue weighted by atomic mass is 10.2. The summed E-state index contributed by atoms with van der Waals surface area (Å²) in [6.07, 6.45) is 0. The molecule has 0 fully saturated rings. The van der Waals surface area contributed by atoms with E-state index in [9.17, 15) is 4.79 Å².